The van der Waals surface area contributed by atoms with E-state index in [1.807, 2.05) is 43.3 Å². The number of ether oxygens (including phenoxy) is 1. The quantitative estimate of drug-likeness (QED) is 0.313. The molecule has 0 unspecified atom stereocenters. The van der Waals surface area contributed by atoms with Crippen LogP contribution in [0.25, 0.3) is 16.5 Å². The molecule has 1 aromatic heterocycles. The molecule has 2 N–H and O–H groups in total. The smallest absolute Gasteiger partial charge is 0.415 e. The summed E-state index contributed by atoms with van der Waals surface area (Å²) in [6.07, 6.45) is 5.79. The van der Waals surface area contributed by atoms with Crippen LogP contribution in [0.2, 0.25) is 0 Å². The summed E-state index contributed by atoms with van der Waals surface area (Å²) in [5.41, 5.74) is 9.52. The van der Waals surface area contributed by atoms with Gasteiger partial charge in [-0.25, -0.2) is 9.18 Å². The van der Waals surface area contributed by atoms with Crippen molar-refractivity contribution in [2.75, 3.05) is 37.9 Å². The highest BCUT2D eigenvalue weighted by Crippen LogP contribution is 2.44. The summed E-state index contributed by atoms with van der Waals surface area (Å²) in [5.74, 6) is -0.494. The van der Waals surface area contributed by atoms with Gasteiger partial charge in [0, 0.05) is 28.2 Å². The summed E-state index contributed by atoms with van der Waals surface area (Å²) in [6.45, 7) is 12.1. The van der Waals surface area contributed by atoms with Crippen LogP contribution in [0, 0.1) is 0 Å². The van der Waals surface area contributed by atoms with E-state index in [-0.39, 0.29) is 18.7 Å². The second-order valence-corrected chi connectivity index (χ2v) is 8.62. The monoisotopic (exact) mass is 469 g/mol. The Hall–Kier alpha value is -3.16. The molecule has 0 bridgehead atoms. The topological polar surface area (TPSA) is 58.8 Å². The Morgan fingerprint density at radius 3 is 2.48 bits per heavy atom. The van der Waals surface area contributed by atoms with E-state index in [0.717, 1.165) is 21.6 Å². The molecule has 1 aromatic carbocycles. The second kappa shape index (κ2) is 12.2. The van der Waals surface area contributed by atoms with Gasteiger partial charge in [0.2, 0.25) is 0 Å². The largest absolute Gasteiger partial charge is 0.449 e. The first kappa shape index (κ1) is 26.1. The number of rotatable bonds is 10. The predicted octanol–water partition coefficient (Wildman–Crippen LogP) is 6.65. The van der Waals surface area contributed by atoms with Crippen LogP contribution in [0.15, 0.2) is 67.1 Å². The molecule has 176 valence electrons. The summed E-state index contributed by atoms with van der Waals surface area (Å²) in [5, 5.41) is 0.632. The number of allylic oxidation sites excluding steroid dienone is 3. The number of carbonyl (C=O) groups excluding carboxylic acids is 1. The number of hydrogen-bond acceptors (Lipinski definition) is 5. The zero-order valence-electron chi connectivity index (χ0n) is 19.7. The molecule has 0 aliphatic carbocycles. The number of anilines is 2. The number of benzene rings is 1. The zero-order valence-corrected chi connectivity index (χ0v) is 20.5. The molecule has 0 saturated carbocycles. The van der Waals surface area contributed by atoms with Gasteiger partial charge in [-0.05, 0) is 57.3 Å². The Labute approximate surface area is 200 Å². The molecule has 0 aliphatic rings. The minimum absolute atomic E-state index is 0.0529. The molecule has 0 saturated heterocycles. The number of nitrogens with two attached hydrogens (primary N) is 1. The molecule has 0 atom stereocenters. The molecule has 7 heteroatoms. The highest BCUT2D eigenvalue weighted by Gasteiger charge is 2.27. The lowest BCUT2D eigenvalue weighted by molar-refractivity contribution is 0.160. The van der Waals surface area contributed by atoms with Gasteiger partial charge in [0.1, 0.15) is 10.8 Å². The van der Waals surface area contributed by atoms with E-state index in [1.165, 1.54) is 22.3 Å². The van der Waals surface area contributed by atoms with Crippen LogP contribution in [0.1, 0.15) is 25.0 Å². The SMILES string of the molecule is C=Cc1c(N(CC(=C)/C(F)=C\C=C/C)C(=O)OCC)sc(-c2ccc(N)cc2)c1CN(C)C. The number of hydrogen-bond donors (Lipinski definition) is 1. The molecule has 2 rings (SSSR count). The van der Waals surface area contributed by atoms with Crippen LogP contribution in [0.4, 0.5) is 19.9 Å². The van der Waals surface area contributed by atoms with E-state index in [0.29, 0.717) is 17.2 Å². The molecule has 0 radical (unpaired) electrons. The van der Waals surface area contributed by atoms with Crippen molar-refractivity contribution in [2.45, 2.75) is 20.4 Å². The standard InChI is InChI=1S/C26H32FN3O2S/c1-7-10-11-23(27)18(4)16-30(26(31)32-9-3)25-21(8-2)22(17-29(5)6)24(33-25)19-12-14-20(28)15-13-19/h7-8,10-15H,2,4,9,16-17,28H2,1,3,5-6H3/b10-7-,23-11+. The third kappa shape index (κ3) is 6.66. The minimum Gasteiger partial charge on any atom is -0.449 e. The van der Waals surface area contributed by atoms with Gasteiger partial charge >= 0.3 is 6.09 Å². The Bertz CT molecular complexity index is 1050. The molecular formula is C26H32FN3O2S. The first-order valence-electron chi connectivity index (χ1n) is 10.6. The molecule has 1 heterocycles. The van der Waals surface area contributed by atoms with E-state index in [2.05, 4.69) is 13.2 Å². The van der Waals surface area contributed by atoms with Gasteiger partial charge in [-0.3, -0.25) is 4.90 Å². The summed E-state index contributed by atoms with van der Waals surface area (Å²) in [4.78, 5) is 17.4. The third-order valence-corrected chi connectivity index (χ3v) is 6.05. The number of carbonyl (C=O) groups is 1. The minimum atomic E-state index is -0.568. The number of thiophene rings is 1. The fourth-order valence-corrected chi connectivity index (χ4v) is 4.51. The lowest BCUT2D eigenvalue weighted by Gasteiger charge is -2.22. The summed E-state index contributed by atoms with van der Waals surface area (Å²) >= 11 is 1.43. The van der Waals surface area contributed by atoms with Crippen LogP contribution >= 0.6 is 11.3 Å². The third-order valence-electron chi connectivity index (χ3n) is 4.73. The Kier molecular flexibility index (Phi) is 9.63. The van der Waals surface area contributed by atoms with E-state index in [1.54, 1.807) is 32.1 Å². The van der Waals surface area contributed by atoms with E-state index >= 15 is 0 Å². The highest BCUT2D eigenvalue weighted by atomic mass is 32.1. The summed E-state index contributed by atoms with van der Waals surface area (Å²) < 4.78 is 19.9. The molecule has 1 amide bonds. The van der Waals surface area contributed by atoms with Crippen LogP contribution < -0.4 is 10.6 Å². The van der Waals surface area contributed by atoms with E-state index in [9.17, 15) is 9.18 Å². The zero-order chi connectivity index (χ0) is 24.5. The molecule has 0 fully saturated rings. The van der Waals surface area contributed by atoms with Crippen molar-refractivity contribution in [1.29, 1.82) is 0 Å². The first-order chi connectivity index (χ1) is 15.7. The maximum atomic E-state index is 14.5. The maximum absolute atomic E-state index is 14.5. The number of amides is 1. The summed E-state index contributed by atoms with van der Waals surface area (Å²) in [6, 6.07) is 7.58. The van der Waals surface area contributed by atoms with Gasteiger partial charge in [-0.15, -0.1) is 11.3 Å². The van der Waals surface area contributed by atoms with Crippen LogP contribution in [-0.2, 0) is 11.3 Å². The van der Waals surface area contributed by atoms with Gasteiger partial charge < -0.3 is 15.4 Å². The van der Waals surface area contributed by atoms with Crippen LogP contribution in [0.5, 0.6) is 0 Å². The Balaban J connectivity index is 2.66. The Morgan fingerprint density at radius 2 is 1.94 bits per heavy atom. The van der Waals surface area contributed by atoms with Crippen molar-refractivity contribution < 1.29 is 13.9 Å². The molecule has 33 heavy (non-hydrogen) atoms. The maximum Gasteiger partial charge on any atom is 0.415 e. The fraction of sp³-hybridized carbons (Fsp3) is 0.269. The predicted molar refractivity (Wildman–Crippen MR) is 139 cm³/mol. The summed E-state index contributed by atoms with van der Waals surface area (Å²) in [7, 11) is 3.95. The van der Waals surface area contributed by atoms with Gasteiger partial charge in [0.25, 0.3) is 0 Å². The van der Waals surface area contributed by atoms with Crippen LogP contribution in [-0.4, -0.2) is 38.2 Å². The number of nitrogens with zero attached hydrogens (tertiary/aromatic N) is 2. The van der Waals surface area contributed by atoms with Crippen LogP contribution in [0.3, 0.4) is 0 Å². The van der Waals surface area contributed by atoms with Crippen molar-refractivity contribution >= 4 is 34.2 Å². The van der Waals surface area contributed by atoms with Gasteiger partial charge in [0.15, 0.2) is 0 Å². The fourth-order valence-electron chi connectivity index (χ4n) is 3.20. The number of halogens is 1. The van der Waals surface area contributed by atoms with E-state index < -0.39 is 11.9 Å². The first-order valence-corrected chi connectivity index (χ1v) is 11.4. The average molecular weight is 470 g/mol. The molecule has 5 nitrogen and oxygen atoms in total. The highest BCUT2D eigenvalue weighted by molar-refractivity contribution is 7.20. The van der Waals surface area contributed by atoms with Crippen molar-refractivity contribution in [3.63, 3.8) is 0 Å². The lowest BCUT2D eigenvalue weighted by atomic mass is 10.0. The molecular weight excluding hydrogens is 437 g/mol. The van der Waals surface area contributed by atoms with Gasteiger partial charge in [-0.1, -0.05) is 43.5 Å². The second-order valence-electron chi connectivity index (χ2n) is 7.62. The number of nitrogen functional groups attached to an aromatic ring is 1. The Morgan fingerprint density at radius 1 is 1.27 bits per heavy atom. The van der Waals surface area contributed by atoms with E-state index in [4.69, 9.17) is 10.5 Å². The van der Waals surface area contributed by atoms with Crippen molar-refractivity contribution in [1.82, 2.24) is 4.90 Å². The van der Waals surface area contributed by atoms with Gasteiger partial charge in [-0.2, -0.15) is 0 Å². The van der Waals surface area contributed by atoms with Crippen molar-refractivity contribution in [2.24, 2.45) is 0 Å². The molecule has 0 spiro atoms. The van der Waals surface area contributed by atoms with Crippen molar-refractivity contribution in [3.8, 4) is 10.4 Å². The molecule has 2 aromatic rings. The van der Waals surface area contributed by atoms with Gasteiger partial charge in [0.05, 0.1) is 13.2 Å². The lowest BCUT2D eigenvalue weighted by Crippen LogP contribution is -2.33. The van der Waals surface area contributed by atoms with Crippen molar-refractivity contribution in [3.05, 3.63) is 78.2 Å². The normalized spacial score (nSPS) is 11.8. The molecule has 0 aliphatic heterocycles. The average Bonchev–Trinajstić information content (AvgIpc) is 3.13.